The molecule has 6 nitrogen and oxygen atoms in total. The third-order valence-electron chi connectivity index (χ3n) is 4.88. The Morgan fingerprint density at radius 2 is 2.07 bits per heavy atom. The molecule has 2 heterocycles. The molecule has 0 unspecified atom stereocenters. The SMILES string of the molecule is CCN(Cn1nc(Nc2ccc(C(C)C)cc2)sc1=S)[C@@H]1CCS(=O)(=O)C1. The van der Waals surface area contributed by atoms with Crippen LogP contribution in [0, 0.1) is 3.95 Å². The minimum absolute atomic E-state index is 0.0450. The lowest BCUT2D eigenvalue weighted by Crippen LogP contribution is -2.37. The molecule has 3 rings (SSSR count). The summed E-state index contributed by atoms with van der Waals surface area (Å²) in [5, 5.41) is 8.64. The summed E-state index contributed by atoms with van der Waals surface area (Å²) in [5.74, 6) is 1.00. The van der Waals surface area contributed by atoms with Crippen LogP contribution >= 0.6 is 23.6 Å². The standard InChI is InChI=1S/C18H26N4O2S3/c1-4-21(16-9-10-27(23,24)11-16)12-22-18(25)26-17(20-22)19-15-7-5-14(6-8-15)13(2)3/h5-8,13,16H,4,9-12H2,1-3H3,(H,19,20)/t16-/m1/s1. The number of benzene rings is 1. The third-order valence-corrected chi connectivity index (χ3v) is 7.86. The molecule has 1 aliphatic heterocycles. The van der Waals surface area contributed by atoms with Gasteiger partial charge in [-0.2, -0.15) is 0 Å². The molecule has 1 aliphatic rings. The number of nitrogens with zero attached hydrogens (tertiary/aromatic N) is 3. The normalized spacial score (nSPS) is 19.1. The number of rotatable bonds is 7. The van der Waals surface area contributed by atoms with Crippen LogP contribution < -0.4 is 5.32 Å². The van der Waals surface area contributed by atoms with Gasteiger partial charge in [-0.05, 0) is 48.8 Å². The van der Waals surface area contributed by atoms with Crippen molar-refractivity contribution in [1.29, 1.82) is 0 Å². The Labute approximate surface area is 170 Å². The quantitative estimate of drug-likeness (QED) is 0.675. The number of hydrogen-bond donors (Lipinski definition) is 1. The summed E-state index contributed by atoms with van der Waals surface area (Å²) in [4.78, 5) is 2.14. The predicted molar refractivity (Wildman–Crippen MR) is 114 cm³/mol. The van der Waals surface area contributed by atoms with Crippen molar-refractivity contribution in [2.24, 2.45) is 0 Å². The molecule has 1 fully saturated rings. The van der Waals surface area contributed by atoms with Gasteiger partial charge in [0.05, 0.1) is 18.2 Å². The van der Waals surface area contributed by atoms with Crippen LogP contribution in [0.2, 0.25) is 0 Å². The molecule has 1 aromatic heterocycles. The van der Waals surface area contributed by atoms with Crippen LogP contribution in [0.15, 0.2) is 24.3 Å². The first-order valence-corrected chi connectivity index (χ1v) is 12.2. The van der Waals surface area contributed by atoms with Crippen LogP contribution in [0.4, 0.5) is 10.8 Å². The zero-order valence-corrected chi connectivity index (χ0v) is 18.3. The molecule has 0 spiro atoms. The van der Waals surface area contributed by atoms with Gasteiger partial charge in [0.1, 0.15) is 0 Å². The zero-order valence-electron chi connectivity index (χ0n) is 15.9. The maximum Gasteiger partial charge on any atom is 0.209 e. The number of nitrogens with one attached hydrogen (secondary N) is 1. The van der Waals surface area contributed by atoms with Gasteiger partial charge in [0.25, 0.3) is 0 Å². The van der Waals surface area contributed by atoms with Gasteiger partial charge in [-0.1, -0.05) is 44.2 Å². The predicted octanol–water partition coefficient (Wildman–Crippen LogP) is 4.01. The molecule has 1 saturated heterocycles. The van der Waals surface area contributed by atoms with Gasteiger partial charge >= 0.3 is 0 Å². The van der Waals surface area contributed by atoms with Gasteiger partial charge < -0.3 is 5.32 Å². The summed E-state index contributed by atoms with van der Waals surface area (Å²) in [7, 11) is -2.91. The minimum Gasteiger partial charge on any atom is -0.330 e. The van der Waals surface area contributed by atoms with Crippen molar-refractivity contribution >= 4 is 44.2 Å². The lowest BCUT2D eigenvalue weighted by molar-refractivity contribution is 0.165. The zero-order chi connectivity index (χ0) is 19.6. The Hall–Kier alpha value is -1.29. The highest BCUT2D eigenvalue weighted by molar-refractivity contribution is 7.91. The van der Waals surface area contributed by atoms with E-state index < -0.39 is 9.84 Å². The van der Waals surface area contributed by atoms with Crippen molar-refractivity contribution in [3.05, 3.63) is 33.8 Å². The molecule has 0 bridgehead atoms. The van der Waals surface area contributed by atoms with E-state index in [4.69, 9.17) is 12.2 Å². The number of anilines is 2. The molecular formula is C18H26N4O2S3. The fourth-order valence-corrected chi connectivity index (χ4v) is 6.00. The van der Waals surface area contributed by atoms with Crippen molar-refractivity contribution in [2.75, 3.05) is 23.4 Å². The summed E-state index contributed by atoms with van der Waals surface area (Å²) >= 11 is 6.89. The van der Waals surface area contributed by atoms with Gasteiger partial charge in [-0.3, -0.25) is 4.90 Å². The average molecular weight is 427 g/mol. The fourth-order valence-electron chi connectivity index (χ4n) is 3.23. The molecule has 0 aliphatic carbocycles. The number of aromatic nitrogens is 2. The lowest BCUT2D eigenvalue weighted by atomic mass is 10.0. The van der Waals surface area contributed by atoms with Gasteiger partial charge in [-0.25, -0.2) is 13.1 Å². The Kier molecular flexibility index (Phi) is 6.35. The molecule has 27 heavy (non-hydrogen) atoms. The molecule has 148 valence electrons. The van der Waals surface area contributed by atoms with Crippen LogP contribution in [0.1, 0.15) is 38.7 Å². The van der Waals surface area contributed by atoms with Crippen LogP contribution in [0.25, 0.3) is 0 Å². The summed E-state index contributed by atoms with van der Waals surface area (Å²) in [6.45, 7) is 7.66. The van der Waals surface area contributed by atoms with Gasteiger partial charge in [0, 0.05) is 11.7 Å². The summed E-state index contributed by atoms with van der Waals surface area (Å²) < 4.78 is 26.0. The van der Waals surface area contributed by atoms with E-state index in [0.29, 0.717) is 23.0 Å². The summed E-state index contributed by atoms with van der Waals surface area (Å²) in [6, 6.07) is 8.37. The van der Waals surface area contributed by atoms with Gasteiger partial charge in [0.2, 0.25) is 5.13 Å². The first-order valence-electron chi connectivity index (χ1n) is 9.17. The third kappa shape index (κ3) is 5.16. The Morgan fingerprint density at radius 3 is 2.63 bits per heavy atom. The van der Waals surface area contributed by atoms with E-state index in [9.17, 15) is 8.42 Å². The molecule has 1 atom stereocenters. The van der Waals surface area contributed by atoms with Gasteiger partial charge in [0.15, 0.2) is 13.8 Å². The molecular weight excluding hydrogens is 400 g/mol. The van der Waals surface area contributed by atoms with Crippen molar-refractivity contribution in [1.82, 2.24) is 14.7 Å². The van der Waals surface area contributed by atoms with Crippen LogP contribution in [-0.4, -0.2) is 47.2 Å². The van der Waals surface area contributed by atoms with Crippen molar-refractivity contribution < 1.29 is 8.42 Å². The fraction of sp³-hybridized carbons (Fsp3) is 0.556. The van der Waals surface area contributed by atoms with E-state index in [0.717, 1.165) is 17.4 Å². The highest BCUT2D eigenvalue weighted by atomic mass is 32.2. The largest absolute Gasteiger partial charge is 0.330 e. The maximum atomic E-state index is 11.8. The van der Waals surface area contributed by atoms with Crippen LogP contribution in [-0.2, 0) is 16.5 Å². The highest BCUT2D eigenvalue weighted by Gasteiger charge is 2.31. The monoisotopic (exact) mass is 426 g/mol. The minimum atomic E-state index is -2.91. The van der Waals surface area contributed by atoms with Crippen molar-refractivity contribution in [3.8, 4) is 0 Å². The second kappa shape index (κ2) is 8.38. The Balaban J connectivity index is 1.69. The van der Waals surface area contributed by atoms with Crippen molar-refractivity contribution in [2.45, 2.75) is 45.8 Å². The van der Waals surface area contributed by atoms with E-state index in [1.165, 1.54) is 16.9 Å². The molecule has 0 amide bonds. The summed E-state index contributed by atoms with van der Waals surface area (Å²) in [5.41, 5.74) is 2.27. The molecule has 0 radical (unpaired) electrons. The molecule has 1 N–H and O–H groups in total. The summed E-state index contributed by atoms with van der Waals surface area (Å²) in [6.07, 6.45) is 0.681. The van der Waals surface area contributed by atoms with E-state index in [1.807, 2.05) is 19.1 Å². The molecule has 1 aromatic carbocycles. The van der Waals surface area contributed by atoms with Crippen LogP contribution in [0.3, 0.4) is 0 Å². The van der Waals surface area contributed by atoms with Gasteiger partial charge in [-0.15, -0.1) is 5.10 Å². The van der Waals surface area contributed by atoms with E-state index >= 15 is 0 Å². The topological polar surface area (TPSA) is 67.2 Å². The average Bonchev–Trinajstić information content (AvgIpc) is 3.14. The first kappa shape index (κ1) is 20.4. The van der Waals surface area contributed by atoms with Crippen molar-refractivity contribution in [3.63, 3.8) is 0 Å². The number of sulfone groups is 1. The second-order valence-electron chi connectivity index (χ2n) is 7.18. The second-order valence-corrected chi connectivity index (χ2v) is 11.0. The Bertz CT molecular complexity index is 932. The van der Waals surface area contributed by atoms with E-state index in [2.05, 4.69) is 41.3 Å². The smallest absolute Gasteiger partial charge is 0.209 e. The van der Waals surface area contributed by atoms with E-state index in [1.54, 1.807) is 4.68 Å². The highest BCUT2D eigenvalue weighted by Crippen LogP contribution is 2.24. The molecule has 2 aromatic rings. The van der Waals surface area contributed by atoms with Crippen LogP contribution in [0.5, 0.6) is 0 Å². The van der Waals surface area contributed by atoms with E-state index in [-0.39, 0.29) is 17.5 Å². The maximum absolute atomic E-state index is 11.8. The molecule has 9 heteroatoms. The first-order chi connectivity index (χ1) is 12.8. The lowest BCUT2D eigenvalue weighted by Gasteiger charge is -2.25. The number of hydrogen-bond acceptors (Lipinski definition) is 7. The molecule has 0 saturated carbocycles. The Morgan fingerprint density at radius 1 is 1.37 bits per heavy atom.